The Morgan fingerprint density at radius 3 is 2.08 bits per heavy atom. The van der Waals surface area contributed by atoms with Gasteiger partial charge in [-0.25, -0.2) is 0 Å². The zero-order chi connectivity index (χ0) is 10.3. The van der Waals surface area contributed by atoms with Crippen LogP contribution in [-0.2, 0) is 0 Å². The minimum absolute atomic E-state index is 0.542. The van der Waals surface area contributed by atoms with Crippen molar-refractivity contribution in [1.29, 1.82) is 0 Å². The highest BCUT2D eigenvalue weighted by molar-refractivity contribution is 6.58. The van der Waals surface area contributed by atoms with Crippen molar-refractivity contribution >= 4 is 12.6 Å². The fourth-order valence-electron chi connectivity index (χ4n) is 0.831. The second kappa shape index (κ2) is 6.66. The smallest absolute Gasteiger partial charge is 0.423 e. The lowest BCUT2D eigenvalue weighted by atomic mass is 9.80. The summed E-state index contributed by atoms with van der Waals surface area (Å²) in [5.41, 5.74) is 1.57. The second-order valence-corrected chi connectivity index (χ2v) is 2.79. The van der Waals surface area contributed by atoms with Gasteiger partial charge in [-0.05, 0) is 26.5 Å². The minimum atomic E-state index is -1.35. The maximum atomic E-state index is 8.70. The van der Waals surface area contributed by atoms with Gasteiger partial charge < -0.3 is 15.4 Å². The van der Waals surface area contributed by atoms with Crippen LogP contribution >= 0.6 is 0 Å². The summed E-state index contributed by atoms with van der Waals surface area (Å²) in [4.78, 5) is 0. The number of hydrogen-bond donors (Lipinski definition) is 3. The molecule has 1 aromatic carbocycles. The molecular formula is C9H16BNO2. The van der Waals surface area contributed by atoms with E-state index in [0.29, 0.717) is 5.46 Å². The Hall–Kier alpha value is -0.835. The molecule has 0 aliphatic rings. The fourth-order valence-corrected chi connectivity index (χ4v) is 0.831. The van der Waals surface area contributed by atoms with E-state index in [2.05, 4.69) is 5.32 Å². The number of rotatable bonds is 1. The normalized spacial score (nSPS) is 8.69. The summed E-state index contributed by atoms with van der Waals surface area (Å²) < 4.78 is 0. The van der Waals surface area contributed by atoms with E-state index in [9.17, 15) is 0 Å². The largest absolute Gasteiger partial charge is 0.488 e. The van der Waals surface area contributed by atoms with Gasteiger partial charge in [-0.1, -0.05) is 29.8 Å². The van der Waals surface area contributed by atoms with Crippen molar-refractivity contribution in [1.82, 2.24) is 5.32 Å². The van der Waals surface area contributed by atoms with Gasteiger partial charge in [-0.15, -0.1) is 0 Å². The van der Waals surface area contributed by atoms with Crippen molar-refractivity contribution in [3.05, 3.63) is 29.8 Å². The van der Waals surface area contributed by atoms with Crippen LogP contribution in [0.25, 0.3) is 0 Å². The molecule has 0 aromatic heterocycles. The van der Waals surface area contributed by atoms with Crippen LogP contribution in [0, 0.1) is 6.92 Å². The van der Waals surface area contributed by atoms with Crippen LogP contribution < -0.4 is 10.8 Å². The van der Waals surface area contributed by atoms with Crippen molar-refractivity contribution < 1.29 is 10.0 Å². The van der Waals surface area contributed by atoms with Crippen molar-refractivity contribution in [3.63, 3.8) is 0 Å². The molecule has 13 heavy (non-hydrogen) atoms. The molecule has 0 bridgehead atoms. The van der Waals surface area contributed by atoms with Gasteiger partial charge in [0.05, 0.1) is 0 Å². The first-order valence-corrected chi connectivity index (χ1v) is 4.13. The number of hydrogen-bond acceptors (Lipinski definition) is 3. The Morgan fingerprint density at radius 1 is 1.23 bits per heavy atom. The number of aryl methyl sites for hydroxylation is 1. The molecule has 0 saturated heterocycles. The van der Waals surface area contributed by atoms with Crippen molar-refractivity contribution in [2.24, 2.45) is 0 Å². The molecule has 0 saturated carbocycles. The van der Waals surface area contributed by atoms with E-state index in [1.54, 1.807) is 18.2 Å². The lowest BCUT2D eigenvalue weighted by molar-refractivity contribution is 0.425. The van der Waals surface area contributed by atoms with Crippen molar-refractivity contribution in [2.75, 3.05) is 14.1 Å². The average Bonchev–Trinajstić information content (AvgIpc) is 2.05. The molecule has 0 unspecified atom stereocenters. The Kier molecular flexibility index (Phi) is 6.23. The summed E-state index contributed by atoms with van der Waals surface area (Å²) in [5.74, 6) is 0. The van der Waals surface area contributed by atoms with Crippen LogP contribution in [0.4, 0.5) is 0 Å². The molecule has 0 radical (unpaired) electrons. The third-order valence-electron chi connectivity index (χ3n) is 1.34. The Balaban J connectivity index is 0.000000424. The van der Waals surface area contributed by atoms with E-state index in [0.717, 1.165) is 5.56 Å². The van der Waals surface area contributed by atoms with Crippen LogP contribution in [0.1, 0.15) is 5.56 Å². The molecular weight excluding hydrogens is 165 g/mol. The molecule has 3 nitrogen and oxygen atoms in total. The summed E-state index contributed by atoms with van der Waals surface area (Å²) in [7, 11) is 2.40. The molecule has 0 atom stereocenters. The molecule has 0 aliphatic heterocycles. The second-order valence-electron chi connectivity index (χ2n) is 2.79. The first kappa shape index (κ1) is 12.2. The molecule has 4 heteroatoms. The quantitative estimate of drug-likeness (QED) is 0.512. The predicted molar refractivity (Wildman–Crippen MR) is 56.0 cm³/mol. The third-order valence-corrected chi connectivity index (χ3v) is 1.34. The summed E-state index contributed by atoms with van der Waals surface area (Å²) >= 11 is 0. The van der Waals surface area contributed by atoms with Gasteiger partial charge in [0, 0.05) is 0 Å². The Labute approximate surface area is 79.6 Å². The van der Waals surface area contributed by atoms with Gasteiger partial charge in [-0.3, -0.25) is 0 Å². The van der Waals surface area contributed by atoms with Crippen LogP contribution in [0.2, 0.25) is 0 Å². The first-order chi connectivity index (χ1) is 6.11. The molecule has 0 aliphatic carbocycles. The first-order valence-electron chi connectivity index (χ1n) is 4.13. The van der Waals surface area contributed by atoms with E-state index in [1.807, 2.05) is 27.1 Å². The van der Waals surface area contributed by atoms with E-state index in [-0.39, 0.29) is 0 Å². The molecule has 0 amide bonds. The molecule has 1 aromatic rings. The monoisotopic (exact) mass is 181 g/mol. The Morgan fingerprint density at radius 2 is 1.77 bits per heavy atom. The molecule has 0 spiro atoms. The zero-order valence-corrected chi connectivity index (χ0v) is 8.28. The van der Waals surface area contributed by atoms with Gasteiger partial charge in [-0.2, -0.15) is 0 Å². The molecule has 3 N–H and O–H groups in total. The van der Waals surface area contributed by atoms with E-state index >= 15 is 0 Å². The minimum Gasteiger partial charge on any atom is -0.423 e. The van der Waals surface area contributed by atoms with Gasteiger partial charge in [0.1, 0.15) is 0 Å². The van der Waals surface area contributed by atoms with Gasteiger partial charge >= 0.3 is 7.12 Å². The SMILES string of the molecule is CNC.Cc1cccc(B(O)O)c1. The van der Waals surface area contributed by atoms with Crippen LogP contribution in [0.3, 0.4) is 0 Å². The number of benzene rings is 1. The average molecular weight is 181 g/mol. The van der Waals surface area contributed by atoms with Gasteiger partial charge in [0.25, 0.3) is 0 Å². The van der Waals surface area contributed by atoms with Crippen molar-refractivity contribution in [2.45, 2.75) is 6.92 Å². The lowest BCUT2D eigenvalue weighted by Crippen LogP contribution is -2.29. The predicted octanol–water partition coefficient (Wildman–Crippen LogP) is -0.490. The highest BCUT2D eigenvalue weighted by atomic mass is 16.4. The van der Waals surface area contributed by atoms with Crippen molar-refractivity contribution in [3.8, 4) is 0 Å². The topological polar surface area (TPSA) is 52.5 Å². The summed E-state index contributed by atoms with van der Waals surface area (Å²) in [6, 6.07) is 7.12. The lowest BCUT2D eigenvalue weighted by Gasteiger charge is -1.98. The summed E-state index contributed by atoms with van der Waals surface area (Å²) in [6.07, 6.45) is 0. The highest BCUT2D eigenvalue weighted by Gasteiger charge is 2.08. The van der Waals surface area contributed by atoms with E-state index < -0.39 is 7.12 Å². The van der Waals surface area contributed by atoms with E-state index in [4.69, 9.17) is 10.0 Å². The Bertz CT molecular complexity index is 241. The highest BCUT2D eigenvalue weighted by Crippen LogP contribution is 1.92. The third kappa shape index (κ3) is 5.41. The summed E-state index contributed by atoms with van der Waals surface area (Å²) in [5, 5.41) is 20.2. The standard InChI is InChI=1S/C7H9BO2.C2H7N/c1-6-3-2-4-7(5-6)8(9)10;1-3-2/h2-5,9-10H,1H3;3H,1-2H3. The number of nitrogens with one attached hydrogen (secondary N) is 1. The maximum absolute atomic E-state index is 8.70. The molecule has 0 heterocycles. The van der Waals surface area contributed by atoms with Gasteiger partial charge in [0.2, 0.25) is 0 Å². The van der Waals surface area contributed by atoms with Crippen LogP contribution in [0.15, 0.2) is 24.3 Å². The zero-order valence-electron chi connectivity index (χ0n) is 8.28. The molecule has 72 valence electrons. The summed E-state index contributed by atoms with van der Waals surface area (Å²) in [6.45, 7) is 1.91. The van der Waals surface area contributed by atoms with Crippen LogP contribution in [-0.4, -0.2) is 31.3 Å². The molecule has 1 rings (SSSR count). The van der Waals surface area contributed by atoms with E-state index in [1.165, 1.54) is 0 Å². The fraction of sp³-hybridized carbons (Fsp3) is 0.333. The maximum Gasteiger partial charge on any atom is 0.488 e. The molecule has 0 fully saturated rings. The van der Waals surface area contributed by atoms with Crippen LogP contribution in [0.5, 0.6) is 0 Å². The van der Waals surface area contributed by atoms with Gasteiger partial charge in [0.15, 0.2) is 0 Å².